The molecule has 0 bridgehead atoms. The van der Waals surface area contributed by atoms with Crippen LogP contribution in [0.1, 0.15) is 30.4 Å². The number of carbonyl (C=O) groups excluding carboxylic acids is 2. The topological polar surface area (TPSA) is 76.4 Å². The first kappa shape index (κ1) is 16.3. The van der Waals surface area contributed by atoms with Gasteiger partial charge in [-0.2, -0.15) is 5.26 Å². The van der Waals surface area contributed by atoms with E-state index >= 15 is 0 Å². The molecule has 1 saturated heterocycles. The number of urea groups is 1. The number of benzene rings is 1. The van der Waals surface area contributed by atoms with Crippen LogP contribution in [-0.4, -0.2) is 47.9 Å². The number of nitriles is 1. The summed E-state index contributed by atoms with van der Waals surface area (Å²) in [5, 5.41) is 11.7. The van der Waals surface area contributed by atoms with Crippen LogP contribution in [0.5, 0.6) is 0 Å². The molecule has 3 amide bonds. The summed E-state index contributed by atoms with van der Waals surface area (Å²) in [5.74, 6) is 0.497. The molecule has 1 aromatic carbocycles. The zero-order valence-corrected chi connectivity index (χ0v) is 13.7. The molecule has 0 unspecified atom stereocenters. The zero-order valence-electron chi connectivity index (χ0n) is 13.7. The van der Waals surface area contributed by atoms with Crippen molar-refractivity contribution < 1.29 is 9.59 Å². The second-order valence-electron chi connectivity index (χ2n) is 6.41. The molecular formula is C18H22N4O2. The Morgan fingerprint density at radius 1 is 1.08 bits per heavy atom. The lowest BCUT2D eigenvalue weighted by atomic mass is 10.1. The smallest absolute Gasteiger partial charge is 0.317 e. The van der Waals surface area contributed by atoms with E-state index in [1.807, 2.05) is 17.0 Å². The molecular weight excluding hydrogens is 304 g/mol. The van der Waals surface area contributed by atoms with Crippen molar-refractivity contribution in [2.45, 2.75) is 25.8 Å². The minimum Gasteiger partial charge on any atom is -0.341 e. The summed E-state index contributed by atoms with van der Waals surface area (Å²) in [6.45, 7) is 3.06. The van der Waals surface area contributed by atoms with E-state index in [-0.39, 0.29) is 17.9 Å². The van der Waals surface area contributed by atoms with Gasteiger partial charge in [-0.25, -0.2) is 4.79 Å². The maximum Gasteiger partial charge on any atom is 0.317 e. The second kappa shape index (κ2) is 7.35. The summed E-state index contributed by atoms with van der Waals surface area (Å²) in [4.78, 5) is 28.2. The fraction of sp³-hybridized carbons (Fsp3) is 0.500. The molecule has 0 spiro atoms. The SMILES string of the molecule is N#Cc1ccc(CNC(=O)N2CCCN(C(=O)C3CC3)CC2)cc1. The fourth-order valence-corrected chi connectivity index (χ4v) is 2.92. The molecule has 0 atom stereocenters. The van der Waals surface area contributed by atoms with Gasteiger partial charge in [-0.1, -0.05) is 12.1 Å². The van der Waals surface area contributed by atoms with Crippen molar-refractivity contribution in [3.63, 3.8) is 0 Å². The number of nitrogens with one attached hydrogen (secondary N) is 1. The molecule has 1 aliphatic heterocycles. The van der Waals surface area contributed by atoms with Crippen LogP contribution in [0.4, 0.5) is 4.79 Å². The van der Waals surface area contributed by atoms with E-state index in [1.54, 1.807) is 17.0 Å². The van der Waals surface area contributed by atoms with E-state index in [0.29, 0.717) is 31.7 Å². The number of rotatable bonds is 3. The van der Waals surface area contributed by atoms with Crippen molar-refractivity contribution in [1.82, 2.24) is 15.1 Å². The minimum absolute atomic E-state index is 0.0971. The molecule has 2 aliphatic rings. The van der Waals surface area contributed by atoms with Crippen LogP contribution in [0.25, 0.3) is 0 Å². The van der Waals surface area contributed by atoms with E-state index in [2.05, 4.69) is 11.4 Å². The van der Waals surface area contributed by atoms with Gasteiger partial charge < -0.3 is 15.1 Å². The number of hydrogen-bond donors (Lipinski definition) is 1. The van der Waals surface area contributed by atoms with Gasteiger partial charge in [0.1, 0.15) is 0 Å². The minimum atomic E-state index is -0.0971. The van der Waals surface area contributed by atoms with Gasteiger partial charge in [-0.3, -0.25) is 4.79 Å². The standard InChI is InChI=1S/C18H22N4O2/c19-12-14-2-4-15(5-3-14)13-20-18(24)22-9-1-8-21(10-11-22)17(23)16-6-7-16/h2-5,16H,1,6-11,13H2,(H,20,24). The molecule has 3 rings (SSSR count). The van der Waals surface area contributed by atoms with Gasteiger partial charge in [0.2, 0.25) is 5.91 Å². The lowest BCUT2D eigenvalue weighted by molar-refractivity contribution is -0.132. The van der Waals surface area contributed by atoms with Gasteiger partial charge in [0.05, 0.1) is 11.6 Å². The summed E-state index contributed by atoms with van der Waals surface area (Å²) in [5.41, 5.74) is 1.57. The van der Waals surface area contributed by atoms with E-state index in [1.165, 1.54) is 0 Å². The average molecular weight is 326 g/mol. The van der Waals surface area contributed by atoms with Gasteiger partial charge in [0, 0.05) is 38.6 Å². The van der Waals surface area contributed by atoms with E-state index in [4.69, 9.17) is 5.26 Å². The van der Waals surface area contributed by atoms with Gasteiger partial charge in [-0.15, -0.1) is 0 Å². The molecule has 6 nitrogen and oxygen atoms in total. The molecule has 24 heavy (non-hydrogen) atoms. The first-order valence-electron chi connectivity index (χ1n) is 8.48. The van der Waals surface area contributed by atoms with E-state index in [0.717, 1.165) is 31.4 Å². The third-order valence-electron chi connectivity index (χ3n) is 4.55. The Balaban J connectivity index is 1.47. The predicted octanol–water partition coefficient (Wildman–Crippen LogP) is 1.71. The number of nitrogens with zero attached hydrogens (tertiary/aromatic N) is 3. The monoisotopic (exact) mass is 326 g/mol. The van der Waals surface area contributed by atoms with Crippen LogP contribution >= 0.6 is 0 Å². The zero-order chi connectivity index (χ0) is 16.9. The van der Waals surface area contributed by atoms with Crippen molar-refractivity contribution in [2.24, 2.45) is 5.92 Å². The van der Waals surface area contributed by atoms with Crippen molar-refractivity contribution >= 4 is 11.9 Å². The van der Waals surface area contributed by atoms with Crippen molar-refractivity contribution in [1.29, 1.82) is 5.26 Å². The van der Waals surface area contributed by atoms with Gasteiger partial charge in [0.15, 0.2) is 0 Å². The highest BCUT2D eigenvalue weighted by molar-refractivity contribution is 5.81. The average Bonchev–Trinajstić information content (AvgIpc) is 3.46. The van der Waals surface area contributed by atoms with Crippen molar-refractivity contribution in [2.75, 3.05) is 26.2 Å². The molecule has 1 saturated carbocycles. The predicted molar refractivity (Wildman–Crippen MR) is 88.9 cm³/mol. The maximum atomic E-state index is 12.3. The fourth-order valence-electron chi connectivity index (χ4n) is 2.92. The van der Waals surface area contributed by atoms with Crippen LogP contribution in [0, 0.1) is 17.2 Å². The van der Waals surface area contributed by atoms with E-state index in [9.17, 15) is 9.59 Å². The largest absolute Gasteiger partial charge is 0.341 e. The molecule has 1 heterocycles. The Hall–Kier alpha value is -2.55. The second-order valence-corrected chi connectivity index (χ2v) is 6.41. The molecule has 126 valence electrons. The normalized spacial score (nSPS) is 17.8. The van der Waals surface area contributed by atoms with Crippen LogP contribution < -0.4 is 5.32 Å². The molecule has 1 N–H and O–H groups in total. The Morgan fingerprint density at radius 3 is 2.42 bits per heavy atom. The lowest BCUT2D eigenvalue weighted by Gasteiger charge is -2.22. The van der Waals surface area contributed by atoms with Crippen LogP contribution in [0.3, 0.4) is 0 Å². The van der Waals surface area contributed by atoms with Gasteiger partial charge in [-0.05, 0) is 37.0 Å². The quantitative estimate of drug-likeness (QED) is 0.919. The van der Waals surface area contributed by atoms with Crippen LogP contribution in [0.2, 0.25) is 0 Å². The molecule has 1 aliphatic carbocycles. The lowest BCUT2D eigenvalue weighted by Crippen LogP contribution is -2.42. The van der Waals surface area contributed by atoms with Crippen molar-refractivity contribution in [3.05, 3.63) is 35.4 Å². The third kappa shape index (κ3) is 4.05. The summed E-state index contributed by atoms with van der Waals surface area (Å²) in [6.07, 6.45) is 2.86. The highest BCUT2D eigenvalue weighted by atomic mass is 16.2. The number of amides is 3. The van der Waals surface area contributed by atoms with Crippen molar-refractivity contribution in [3.8, 4) is 6.07 Å². The van der Waals surface area contributed by atoms with Gasteiger partial charge >= 0.3 is 6.03 Å². The maximum absolute atomic E-state index is 12.3. The summed E-state index contributed by atoms with van der Waals surface area (Å²) >= 11 is 0. The van der Waals surface area contributed by atoms with Crippen LogP contribution in [0.15, 0.2) is 24.3 Å². The van der Waals surface area contributed by atoms with Crippen LogP contribution in [-0.2, 0) is 11.3 Å². The Labute approximate surface area is 142 Å². The summed E-state index contributed by atoms with van der Waals surface area (Å²) < 4.78 is 0. The summed E-state index contributed by atoms with van der Waals surface area (Å²) in [7, 11) is 0. The molecule has 2 fully saturated rings. The third-order valence-corrected chi connectivity index (χ3v) is 4.55. The highest BCUT2D eigenvalue weighted by Gasteiger charge is 2.34. The Kier molecular flexibility index (Phi) is 4.99. The number of carbonyl (C=O) groups is 2. The first-order chi connectivity index (χ1) is 11.7. The molecule has 0 aromatic heterocycles. The van der Waals surface area contributed by atoms with Gasteiger partial charge in [0.25, 0.3) is 0 Å². The Bertz CT molecular complexity index is 646. The van der Waals surface area contributed by atoms with E-state index < -0.39 is 0 Å². The molecule has 0 radical (unpaired) electrons. The number of hydrogen-bond acceptors (Lipinski definition) is 3. The highest BCUT2D eigenvalue weighted by Crippen LogP contribution is 2.31. The summed E-state index contributed by atoms with van der Waals surface area (Å²) in [6, 6.07) is 9.16. The molecule has 1 aromatic rings. The molecule has 6 heteroatoms. The Morgan fingerprint density at radius 2 is 1.75 bits per heavy atom. The first-order valence-corrected chi connectivity index (χ1v) is 8.48.